The minimum atomic E-state index is 0.00807. The fourth-order valence-electron chi connectivity index (χ4n) is 2.43. The molecule has 1 aromatic rings. The normalized spacial score (nSPS) is 14.1. The monoisotopic (exact) mass is 304 g/mol. The lowest BCUT2D eigenvalue weighted by molar-refractivity contribution is -0.131. The summed E-state index contributed by atoms with van der Waals surface area (Å²) in [6, 6.07) is 7.65. The van der Waals surface area contributed by atoms with Crippen LogP contribution in [-0.2, 0) is 16.1 Å². The topological polar surface area (TPSA) is 58.6 Å². The van der Waals surface area contributed by atoms with Crippen molar-refractivity contribution in [1.82, 2.24) is 10.2 Å². The molecule has 0 saturated heterocycles. The van der Waals surface area contributed by atoms with Crippen LogP contribution in [0.4, 0.5) is 0 Å². The van der Waals surface area contributed by atoms with E-state index in [-0.39, 0.29) is 17.7 Å². The van der Waals surface area contributed by atoms with Crippen LogP contribution in [0.3, 0.4) is 0 Å². The van der Waals surface area contributed by atoms with Gasteiger partial charge in [-0.25, -0.2) is 0 Å². The van der Waals surface area contributed by atoms with Gasteiger partial charge in [-0.3, -0.25) is 9.59 Å². The lowest BCUT2D eigenvalue weighted by atomic mass is 9.85. The van der Waals surface area contributed by atoms with Crippen LogP contribution in [0, 0.1) is 5.92 Å². The maximum Gasteiger partial charge on any atom is 0.223 e. The van der Waals surface area contributed by atoms with E-state index in [9.17, 15) is 9.59 Å². The highest BCUT2D eigenvalue weighted by Crippen LogP contribution is 2.26. The first-order valence-corrected chi connectivity index (χ1v) is 7.76. The Morgan fingerprint density at radius 1 is 1.27 bits per heavy atom. The highest BCUT2D eigenvalue weighted by Gasteiger charge is 2.24. The van der Waals surface area contributed by atoms with Gasteiger partial charge in [-0.2, -0.15) is 0 Å². The molecule has 1 aromatic carbocycles. The van der Waals surface area contributed by atoms with Crippen LogP contribution < -0.4 is 10.1 Å². The molecular formula is C17H24N2O3. The number of ether oxygens (including phenoxy) is 1. The van der Waals surface area contributed by atoms with Gasteiger partial charge in [0.05, 0.1) is 7.11 Å². The summed E-state index contributed by atoms with van der Waals surface area (Å²) in [5.41, 5.74) is 1.04. The predicted octanol–water partition coefficient (Wildman–Crippen LogP) is 1.96. The Labute approximate surface area is 131 Å². The molecule has 0 radical (unpaired) electrons. The van der Waals surface area contributed by atoms with Crippen molar-refractivity contribution in [2.45, 2.75) is 32.7 Å². The number of nitrogens with one attached hydrogen (secondary N) is 1. The van der Waals surface area contributed by atoms with E-state index in [1.165, 1.54) is 0 Å². The Balaban J connectivity index is 1.81. The van der Waals surface area contributed by atoms with Crippen molar-refractivity contribution in [2.75, 3.05) is 20.2 Å². The molecule has 0 heterocycles. The summed E-state index contributed by atoms with van der Waals surface area (Å²) >= 11 is 0. The molecule has 2 amide bonds. The zero-order valence-electron chi connectivity index (χ0n) is 13.3. The second-order valence-electron chi connectivity index (χ2n) is 5.71. The molecule has 0 unspecified atom stereocenters. The largest absolute Gasteiger partial charge is 0.497 e. The van der Waals surface area contributed by atoms with Crippen LogP contribution in [0.25, 0.3) is 0 Å². The number of carbonyl (C=O) groups is 2. The summed E-state index contributed by atoms with van der Waals surface area (Å²) in [6.07, 6.45) is 3.14. The predicted molar refractivity (Wildman–Crippen MR) is 84.4 cm³/mol. The van der Waals surface area contributed by atoms with E-state index in [1.807, 2.05) is 24.3 Å². The summed E-state index contributed by atoms with van der Waals surface area (Å²) < 4.78 is 5.12. The van der Waals surface area contributed by atoms with Gasteiger partial charge in [-0.1, -0.05) is 18.6 Å². The molecule has 0 aromatic heterocycles. The number of benzene rings is 1. The molecule has 0 bridgehead atoms. The first kappa shape index (κ1) is 16.3. The van der Waals surface area contributed by atoms with Crippen molar-refractivity contribution in [3.05, 3.63) is 29.8 Å². The lowest BCUT2D eigenvalue weighted by Gasteiger charge is -2.25. The number of hydrogen-bond donors (Lipinski definition) is 1. The maximum absolute atomic E-state index is 11.8. The molecule has 1 aliphatic carbocycles. The van der Waals surface area contributed by atoms with Crippen LogP contribution in [0.1, 0.15) is 31.7 Å². The van der Waals surface area contributed by atoms with Crippen molar-refractivity contribution in [2.24, 2.45) is 5.92 Å². The zero-order chi connectivity index (χ0) is 15.9. The maximum atomic E-state index is 11.8. The Morgan fingerprint density at radius 2 is 1.95 bits per heavy atom. The summed E-state index contributed by atoms with van der Waals surface area (Å²) in [6.45, 7) is 3.13. The van der Waals surface area contributed by atoms with Gasteiger partial charge in [0.25, 0.3) is 0 Å². The van der Waals surface area contributed by atoms with E-state index < -0.39 is 0 Å². The Kier molecular flexibility index (Phi) is 5.81. The Bertz CT molecular complexity index is 509. The van der Waals surface area contributed by atoms with E-state index in [0.717, 1.165) is 30.6 Å². The second kappa shape index (κ2) is 7.82. The minimum absolute atomic E-state index is 0.00807. The number of hydrogen-bond acceptors (Lipinski definition) is 3. The second-order valence-corrected chi connectivity index (χ2v) is 5.71. The fourth-order valence-corrected chi connectivity index (χ4v) is 2.43. The van der Waals surface area contributed by atoms with E-state index in [0.29, 0.717) is 19.6 Å². The SMILES string of the molecule is COc1ccc(CN(CCNC(=O)C2CCC2)C(C)=O)cc1. The third-order valence-electron chi connectivity index (χ3n) is 4.13. The molecular weight excluding hydrogens is 280 g/mol. The average Bonchev–Trinajstić information content (AvgIpc) is 2.45. The van der Waals surface area contributed by atoms with Crippen molar-refractivity contribution in [3.8, 4) is 5.75 Å². The summed E-state index contributed by atoms with van der Waals surface area (Å²) in [5.74, 6) is 1.12. The van der Waals surface area contributed by atoms with Crippen LogP contribution in [0.15, 0.2) is 24.3 Å². The van der Waals surface area contributed by atoms with Gasteiger partial charge in [-0.05, 0) is 30.5 Å². The Hall–Kier alpha value is -2.04. The molecule has 120 valence electrons. The van der Waals surface area contributed by atoms with Gasteiger partial charge in [0, 0.05) is 32.5 Å². The fraction of sp³-hybridized carbons (Fsp3) is 0.529. The van der Waals surface area contributed by atoms with E-state index in [4.69, 9.17) is 4.74 Å². The van der Waals surface area contributed by atoms with Crippen LogP contribution in [-0.4, -0.2) is 36.9 Å². The summed E-state index contributed by atoms with van der Waals surface area (Å²) in [4.78, 5) is 25.3. The molecule has 5 nitrogen and oxygen atoms in total. The molecule has 2 rings (SSSR count). The molecule has 1 fully saturated rings. The van der Waals surface area contributed by atoms with Crippen molar-refractivity contribution >= 4 is 11.8 Å². The van der Waals surface area contributed by atoms with E-state index in [2.05, 4.69) is 5.32 Å². The molecule has 0 aliphatic heterocycles. The average molecular weight is 304 g/mol. The molecule has 1 aliphatic rings. The van der Waals surface area contributed by atoms with Gasteiger partial charge >= 0.3 is 0 Å². The number of amides is 2. The first-order chi connectivity index (χ1) is 10.6. The third-order valence-corrected chi connectivity index (χ3v) is 4.13. The smallest absolute Gasteiger partial charge is 0.223 e. The number of nitrogens with zero attached hydrogens (tertiary/aromatic N) is 1. The zero-order valence-corrected chi connectivity index (χ0v) is 13.3. The highest BCUT2D eigenvalue weighted by atomic mass is 16.5. The molecule has 0 spiro atoms. The lowest BCUT2D eigenvalue weighted by Crippen LogP contribution is -2.40. The highest BCUT2D eigenvalue weighted by molar-refractivity contribution is 5.79. The number of carbonyl (C=O) groups excluding carboxylic acids is 2. The summed E-state index contributed by atoms with van der Waals surface area (Å²) in [5, 5.41) is 2.92. The molecule has 22 heavy (non-hydrogen) atoms. The van der Waals surface area contributed by atoms with Crippen molar-refractivity contribution < 1.29 is 14.3 Å². The molecule has 0 atom stereocenters. The van der Waals surface area contributed by atoms with E-state index in [1.54, 1.807) is 18.9 Å². The van der Waals surface area contributed by atoms with Gasteiger partial charge < -0.3 is 15.0 Å². The van der Waals surface area contributed by atoms with Gasteiger partial charge in [-0.15, -0.1) is 0 Å². The van der Waals surface area contributed by atoms with Gasteiger partial charge in [0.1, 0.15) is 5.75 Å². The minimum Gasteiger partial charge on any atom is -0.497 e. The summed E-state index contributed by atoms with van der Waals surface area (Å²) in [7, 11) is 1.63. The Morgan fingerprint density at radius 3 is 2.45 bits per heavy atom. The standard InChI is InChI=1S/C17H24N2O3/c1-13(20)19(11-10-18-17(21)15-4-3-5-15)12-14-6-8-16(22-2)9-7-14/h6-9,15H,3-5,10-12H2,1-2H3,(H,18,21). The molecule has 1 N–H and O–H groups in total. The van der Waals surface area contributed by atoms with Crippen LogP contribution in [0.5, 0.6) is 5.75 Å². The van der Waals surface area contributed by atoms with E-state index >= 15 is 0 Å². The molecule has 1 saturated carbocycles. The number of methoxy groups -OCH3 is 1. The van der Waals surface area contributed by atoms with Crippen molar-refractivity contribution in [3.63, 3.8) is 0 Å². The molecule has 5 heteroatoms. The van der Waals surface area contributed by atoms with Gasteiger partial charge in [0.15, 0.2) is 0 Å². The quantitative estimate of drug-likeness (QED) is 0.838. The van der Waals surface area contributed by atoms with Crippen molar-refractivity contribution in [1.29, 1.82) is 0 Å². The third kappa shape index (κ3) is 4.48. The van der Waals surface area contributed by atoms with Crippen LogP contribution in [0.2, 0.25) is 0 Å². The van der Waals surface area contributed by atoms with Crippen LogP contribution >= 0.6 is 0 Å². The first-order valence-electron chi connectivity index (χ1n) is 7.76. The van der Waals surface area contributed by atoms with Gasteiger partial charge in [0.2, 0.25) is 11.8 Å². The number of rotatable bonds is 7.